The second-order valence-electron chi connectivity index (χ2n) is 2.02. The first-order chi connectivity index (χ1) is 5.33. The summed E-state index contributed by atoms with van der Waals surface area (Å²) in [5.74, 6) is 0.917. The van der Waals surface area contributed by atoms with Gasteiger partial charge in [-0.15, -0.1) is 0 Å². The Labute approximate surface area is 73.8 Å². The molecule has 0 aliphatic carbocycles. The molecule has 0 atom stereocenters. The molecular weight excluding hydrogens is 156 g/mol. The molecule has 62 valence electrons. The van der Waals surface area contributed by atoms with E-state index in [9.17, 15) is 0 Å². The van der Waals surface area contributed by atoms with E-state index < -0.39 is 0 Å². The first-order valence-corrected chi connectivity index (χ1v) is 4.28. The van der Waals surface area contributed by atoms with E-state index >= 15 is 0 Å². The lowest BCUT2D eigenvalue weighted by molar-refractivity contribution is 0.414. The molecule has 1 aromatic rings. The van der Waals surface area contributed by atoms with Crippen LogP contribution in [0.15, 0.2) is 24.3 Å². The Morgan fingerprint density at radius 3 is 1.91 bits per heavy atom. The predicted octanol–water partition coefficient (Wildman–Crippen LogP) is 2.55. The molecule has 0 unspecified atom stereocenters. The maximum Gasteiger partial charge on any atom is 0.118 e. The van der Waals surface area contributed by atoms with Crippen molar-refractivity contribution < 1.29 is 4.74 Å². The normalized spacial score (nSPS) is 8.00. The van der Waals surface area contributed by atoms with Crippen LogP contribution in [0.3, 0.4) is 0 Å². The lowest BCUT2D eigenvalue weighted by atomic mass is 10.2. The number of rotatable bonds is 1. The average Bonchev–Trinajstić information content (AvgIpc) is 2.10. The number of thiol groups is 1. The van der Waals surface area contributed by atoms with Crippen LogP contribution >= 0.6 is 12.6 Å². The molecule has 0 aromatic heterocycles. The van der Waals surface area contributed by atoms with Crippen molar-refractivity contribution in [3.05, 3.63) is 29.8 Å². The van der Waals surface area contributed by atoms with Crippen molar-refractivity contribution in [1.82, 2.24) is 0 Å². The van der Waals surface area contributed by atoms with Crippen LogP contribution < -0.4 is 4.74 Å². The highest BCUT2D eigenvalue weighted by Crippen LogP contribution is 2.09. The van der Waals surface area contributed by atoms with Gasteiger partial charge < -0.3 is 4.74 Å². The number of hydrogen-bond acceptors (Lipinski definition) is 2. The summed E-state index contributed by atoms with van der Waals surface area (Å²) in [4.78, 5) is 0. The molecule has 1 nitrogen and oxygen atoms in total. The van der Waals surface area contributed by atoms with E-state index in [0.717, 1.165) is 5.75 Å². The quantitative estimate of drug-likeness (QED) is 0.637. The highest BCUT2D eigenvalue weighted by Gasteiger charge is 1.85. The molecule has 0 aliphatic rings. The molecule has 0 saturated heterocycles. The Hall–Kier alpha value is -0.630. The third-order valence-electron chi connectivity index (χ3n) is 1.26. The Kier molecular flexibility index (Phi) is 5.75. The van der Waals surface area contributed by atoms with Crippen LogP contribution in [0, 0.1) is 6.92 Å². The van der Waals surface area contributed by atoms with Gasteiger partial charge in [-0.05, 0) is 25.3 Å². The van der Waals surface area contributed by atoms with Crippen LogP contribution in [-0.4, -0.2) is 13.4 Å². The van der Waals surface area contributed by atoms with Gasteiger partial charge in [0, 0.05) is 0 Å². The number of aryl methyl sites for hydroxylation is 1. The van der Waals surface area contributed by atoms with Crippen LogP contribution in [0.25, 0.3) is 0 Å². The molecule has 0 heterocycles. The van der Waals surface area contributed by atoms with Gasteiger partial charge in [0.2, 0.25) is 0 Å². The number of benzene rings is 1. The number of ether oxygens (including phenoxy) is 1. The average molecular weight is 170 g/mol. The maximum atomic E-state index is 4.97. The zero-order chi connectivity index (χ0) is 8.69. The molecule has 0 spiro atoms. The Morgan fingerprint density at radius 1 is 1.09 bits per heavy atom. The fourth-order valence-electron chi connectivity index (χ4n) is 0.674. The van der Waals surface area contributed by atoms with E-state index in [-0.39, 0.29) is 0 Å². The van der Waals surface area contributed by atoms with Gasteiger partial charge >= 0.3 is 0 Å². The van der Waals surface area contributed by atoms with Gasteiger partial charge in [-0.3, -0.25) is 0 Å². The van der Waals surface area contributed by atoms with Gasteiger partial charge in [-0.2, -0.15) is 12.6 Å². The van der Waals surface area contributed by atoms with Crippen molar-refractivity contribution in [1.29, 1.82) is 0 Å². The molecule has 2 heteroatoms. The third-order valence-corrected chi connectivity index (χ3v) is 1.26. The molecule has 0 bridgehead atoms. The van der Waals surface area contributed by atoms with E-state index in [4.69, 9.17) is 4.74 Å². The second kappa shape index (κ2) is 6.10. The monoisotopic (exact) mass is 170 g/mol. The van der Waals surface area contributed by atoms with Gasteiger partial charge in [-0.25, -0.2) is 0 Å². The van der Waals surface area contributed by atoms with Crippen molar-refractivity contribution >= 4 is 12.6 Å². The van der Waals surface area contributed by atoms with Crippen molar-refractivity contribution in [2.24, 2.45) is 0 Å². The highest BCUT2D eigenvalue weighted by molar-refractivity contribution is 7.79. The molecule has 0 radical (unpaired) electrons. The molecule has 11 heavy (non-hydrogen) atoms. The van der Waals surface area contributed by atoms with Crippen molar-refractivity contribution in [2.75, 3.05) is 13.4 Å². The highest BCUT2D eigenvalue weighted by atomic mass is 32.1. The molecule has 0 amide bonds. The van der Waals surface area contributed by atoms with Crippen molar-refractivity contribution in [3.63, 3.8) is 0 Å². The minimum Gasteiger partial charge on any atom is -0.497 e. The first kappa shape index (κ1) is 10.4. The summed E-state index contributed by atoms with van der Waals surface area (Å²) >= 11 is 3.53. The Balaban J connectivity index is 0.000000461. The van der Waals surface area contributed by atoms with E-state index in [2.05, 4.69) is 19.6 Å². The van der Waals surface area contributed by atoms with Crippen LogP contribution in [0.4, 0.5) is 0 Å². The van der Waals surface area contributed by atoms with Gasteiger partial charge in [0.1, 0.15) is 5.75 Å². The number of hydrogen-bond donors (Lipinski definition) is 1. The van der Waals surface area contributed by atoms with Gasteiger partial charge in [0.15, 0.2) is 0 Å². The number of methoxy groups -OCH3 is 1. The molecular formula is C9H14OS. The summed E-state index contributed by atoms with van der Waals surface area (Å²) < 4.78 is 4.97. The molecule has 0 saturated carbocycles. The third kappa shape index (κ3) is 3.94. The smallest absolute Gasteiger partial charge is 0.118 e. The van der Waals surface area contributed by atoms with Crippen LogP contribution in [0.1, 0.15) is 5.56 Å². The SMILES string of the molecule is COc1ccc(C)cc1.CS. The van der Waals surface area contributed by atoms with Gasteiger partial charge in [0.05, 0.1) is 7.11 Å². The van der Waals surface area contributed by atoms with Crippen LogP contribution in [-0.2, 0) is 0 Å². The summed E-state index contributed by atoms with van der Waals surface area (Å²) in [6.07, 6.45) is 1.69. The summed E-state index contributed by atoms with van der Waals surface area (Å²) in [6, 6.07) is 7.96. The van der Waals surface area contributed by atoms with Gasteiger partial charge in [0.25, 0.3) is 0 Å². The van der Waals surface area contributed by atoms with Gasteiger partial charge in [-0.1, -0.05) is 17.7 Å². The molecule has 0 N–H and O–H groups in total. The minimum absolute atomic E-state index is 0.917. The summed E-state index contributed by atoms with van der Waals surface area (Å²) in [6.45, 7) is 2.06. The fourth-order valence-corrected chi connectivity index (χ4v) is 0.674. The summed E-state index contributed by atoms with van der Waals surface area (Å²) in [7, 11) is 1.67. The van der Waals surface area contributed by atoms with E-state index in [0.29, 0.717) is 0 Å². The Morgan fingerprint density at radius 2 is 1.55 bits per heavy atom. The van der Waals surface area contributed by atoms with Crippen molar-refractivity contribution in [2.45, 2.75) is 6.92 Å². The first-order valence-electron chi connectivity index (χ1n) is 3.38. The van der Waals surface area contributed by atoms with E-state index in [1.165, 1.54) is 5.56 Å². The Bertz CT molecular complexity index is 181. The summed E-state index contributed by atoms with van der Waals surface area (Å²) in [5.41, 5.74) is 1.26. The fraction of sp³-hybridized carbons (Fsp3) is 0.333. The molecule has 1 aromatic carbocycles. The molecule has 0 fully saturated rings. The largest absolute Gasteiger partial charge is 0.497 e. The standard InChI is InChI=1S/C8H10O.CH4S/c1-7-3-5-8(9-2)6-4-7;1-2/h3-6H,1-2H3;2H,1H3. The van der Waals surface area contributed by atoms with Crippen LogP contribution in [0.5, 0.6) is 5.75 Å². The second-order valence-corrected chi connectivity index (χ2v) is 2.02. The topological polar surface area (TPSA) is 9.23 Å². The predicted molar refractivity (Wildman–Crippen MR) is 52.6 cm³/mol. The molecule has 0 aliphatic heterocycles. The summed E-state index contributed by atoms with van der Waals surface area (Å²) in [5, 5.41) is 0. The zero-order valence-electron chi connectivity index (χ0n) is 7.16. The lowest BCUT2D eigenvalue weighted by Gasteiger charge is -1.97. The van der Waals surface area contributed by atoms with E-state index in [1.54, 1.807) is 13.4 Å². The van der Waals surface area contributed by atoms with Crippen molar-refractivity contribution in [3.8, 4) is 5.75 Å². The molecule has 1 rings (SSSR count). The van der Waals surface area contributed by atoms with E-state index in [1.807, 2.05) is 24.3 Å². The maximum absolute atomic E-state index is 4.97. The lowest BCUT2D eigenvalue weighted by Crippen LogP contribution is -1.80. The zero-order valence-corrected chi connectivity index (χ0v) is 8.06. The van der Waals surface area contributed by atoms with Crippen LogP contribution in [0.2, 0.25) is 0 Å². The minimum atomic E-state index is 0.917.